The van der Waals surface area contributed by atoms with E-state index in [0.717, 1.165) is 25.3 Å². The molecule has 1 aromatic heterocycles. The summed E-state index contributed by atoms with van der Waals surface area (Å²) in [7, 11) is 1.78. The second-order valence-corrected chi connectivity index (χ2v) is 8.30. The molecule has 1 fully saturated rings. The van der Waals surface area contributed by atoms with Crippen molar-refractivity contribution in [3.8, 4) is 0 Å². The van der Waals surface area contributed by atoms with E-state index in [2.05, 4.69) is 30.8 Å². The number of carbonyl (C=O) groups excluding carboxylic acids is 1. The van der Waals surface area contributed by atoms with Crippen molar-refractivity contribution >= 4 is 51.3 Å². The molecule has 3 N–H and O–H groups in total. The molecule has 1 saturated heterocycles. The third-order valence-corrected chi connectivity index (χ3v) is 5.86. The number of nitrogens with one attached hydrogen (secondary N) is 3. The largest absolute Gasteiger partial charge is 0.386 e. The van der Waals surface area contributed by atoms with E-state index in [1.54, 1.807) is 19.2 Å². The Bertz CT molecular complexity index is 1180. The summed E-state index contributed by atoms with van der Waals surface area (Å²) < 4.78 is 13.5. The number of anilines is 4. The standard InChI is InChI=1S/C24H26ClFN6O/c1-27-21-14-20-17(24(29-15-28-20)30-16-7-8-19(26)18(25)12-16)13-22(21)31-23(33)6-5-11-32-9-3-2-4-10-32/h5-8,12-15,27H,2-4,9-11H2,1H3,(H,31,33)(H,28,29,30). The van der Waals surface area contributed by atoms with E-state index >= 15 is 0 Å². The maximum atomic E-state index is 13.5. The monoisotopic (exact) mass is 468 g/mol. The Morgan fingerprint density at radius 3 is 2.73 bits per heavy atom. The molecule has 9 heteroatoms. The maximum absolute atomic E-state index is 13.5. The van der Waals surface area contributed by atoms with Gasteiger partial charge in [-0.05, 0) is 56.3 Å². The molecule has 0 aliphatic carbocycles. The second-order valence-electron chi connectivity index (χ2n) is 7.89. The summed E-state index contributed by atoms with van der Waals surface area (Å²) in [5, 5.41) is 9.90. The van der Waals surface area contributed by atoms with Crippen molar-refractivity contribution < 1.29 is 9.18 Å². The van der Waals surface area contributed by atoms with Crippen molar-refractivity contribution in [3.63, 3.8) is 0 Å². The molecule has 4 rings (SSSR count). The van der Waals surface area contributed by atoms with Gasteiger partial charge in [0.15, 0.2) is 0 Å². The number of hydrogen-bond donors (Lipinski definition) is 3. The predicted molar refractivity (Wildman–Crippen MR) is 132 cm³/mol. The zero-order valence-electron chi connectivity index (χ0n) is 18.4. The summed E-state index contributed by atoms with van der Waals surface area (Å²) in [4.78, 5) is 23.6. The summed E-state index contributed by atoms with van der Waals surface area (Å²) in [6.07, 6.45) is 8.62. The molecular weight excluding hydrogens is 443 g/mol. The molecule has 1 aliphatic rings. The Morgan fingerprint density at radius 2 is 1.97 bits per heavy atom. The van der Waals surface area contributed by atoms with Crippen molar-refractivity contribution in [3.05, 3.63) is 59.7 Å². The lowest BCUT2D eigenvalue weighted by Crippen LogP contribution is -2.29. The van der Waals surface area contributed by atoms with Gasteiger partial charge in [-0.1, -0.05) is 24.1 Å². The van der Waals surface area contributed by atoms with Crippen LogP contribution >= 0.6 is 11.6 Å². The SMILES string of the molecule is CNc1cc2ncnc(Nc3ccc(F)c(Cl)c3)c2cc1NC(=O)C=CCN1CCCCC1. The van der Waals surface area contributed by atoms with Gasteiger partial charge in [-0.15, -0.1) is 0 Å². The van der Waals surface area contributed by atoms with Crippen LogP contribution in [-0.2, 0) is 4.79 Å². The van der Waals surface area contributed by atoms with E-state index in [4.69, 9.17) is 11.6 Å². The van der Waals surface area contributed by atoms with E-state index in [-0.39, 0.29) is 10.9 Å². The molecule has 3 aromatic rings. The number of halogens is 2. The van der Waals surface area contributed by atoms with Crippen molar-refractivity contribution in [2.24, 2.45) is 0 Å². The van der Waals surface area contributed by atoms with Crippen molar-refractivity contribution in [2.75, 3.05) is 42.6 Å². The minimum absolute atomic E-state index is 0.0140. The van der Waals surface area contributed by atoms with Gasteiger partial charge in [-0.25, -0.2) is 14.4 Å². The van der Waals surface area contributed by atoms with Gasteiger partial charge in [0.2, 0.25) is 5.91 Å². The first-order chi connectivity index (χ1) is 16.0. The molecule has 172 valence electrons. The Hall–Kier alpha value is -3.23. The summed E-state index contributed by atoms with van der Waals surface area (Å²) in [6.45, 7) is 2.93. The molecule has 0 bridgehead atoms. The summed E-state index contributed by atoms with van der Waals surface area (Å²) >= 11 is 5.90. The Morgan fingerprint density at radius 1 is 1.15 bits per heavy atom. The van der Waals surface area contributed by atoms with E-state index < -0.39 is 5.82 Å². The van der Waals surface area contributed by atoms with Crippen molar-refractivity contribution in [1.82, 2.24) is 14.9 Å². The van der Waals surface area contributed by atoms with Gasteiger partial charge < -0.3 is 16.0 Å². The molecule has 1 amide bonds. The third kappa shape index (κ3) is 5.77. The van der Waals surface area contributed by atoms with Crippen LogP contribution in [0.5, 0.6) is 0 Å². The van der Waals surface area contributed by atoms with Crippen LogP contribution in [0.15, 0.2) is 48.8 Å². The van der Waals surface area contributed by atoms with Crippen molar-refractivity contribution in [2.45, 2.75) is 19.3 Å². The first-order valence-corrected chi connectivity index (χ1v) is 11.3. The third-order valence-electron chi connectivity index (χ3n) is 5.57. The molecule has 2 aromatic carbocycles. The average molecular weight is 469 g/mol. The van der Waals surface area contributed by atoms with Gasteiger partial charge in [0.05, 0.1) is 21.9 Å². The van der Waals surface area contributed by atoms with Crippen LogP contribution in [0.3, 0.4) is 0 Å². The van der Waals surface area contributed by atoms with Gasteiger partial charge in [0.25, 0.3) is 0 Å². The quantitative estimate of drug-likeness (QED) is 0.414. The minimum Gasteiger partial charge on any atom is -0.386 e. The number of rotatable bonds is 7. The Labute approximate surface area is 197 Å². The molecule has 2 heterocycles. The van der Waals surface area contributed by atoms with Gasteiger partial charge >= 0.3 is 0 Å². The van der Waals surface area contributed by atoms with Gasteiger partial charge in [0, 0.05) is 30.7 Å². The van der Waals surface area contributed by atoms with Crippen LogP contribution < -0.4 is 16.0 Å². The number of likely N-dealkylation sites (tertiary alicyclic amines) is 1. The maximum Gasteiger partial charge on any atom is 0.248 e. The summed E-state index contributed by atoms with van der Waals surface area (Å²) in [6, 6.07) is 8.00. The lowest BCUT2D eigenvalue weighted by Gasteiger charge is -2.24. The first-order valence-electron chi connectivity index (χ1n) is 10.9. The number of aromatic nitrogens is 2. The lowest BCUT2D eigenvalue weighted by molar-refractivity contribution is -0.111. The fourth-order valence-corrected chi connectivity index (χ4v) is 4.03. The average Bonchev–Trinajstić information content (AvgIpc) is 2.82. The molecule has 0 atom stereocenters. The van der Waals surface area contributed by atoms with Crippen LogP contribution in [0.25, 0.3) is 10.9 Å². The molecular formula is C24H26ClFN6O. The molecule has 0 radical (unpaired) electrons. The zero-order valence-corrected chi connectivity index (χ0v) is 19.1. The van der Waals surface area contributed by atoms with E-state index in [9.17, 15) is 9.18 Å². The number of fused-ring (bicyclic) bond motifs is 1. The molecule has 33 heavy (non-hydrogen) atoms. The molecule has 0 spiro atoms. The van der Waals surface area contributed by atoms with Crippen LogP contribution in [-0.4, -0.2) is 47.5 Å². The number of piperidine rings is 1. The van der Waals surface area contributed by atoms with Gasteiger partial charge in [-0.2, -0.15) is 0 Å². The van der Waals surface area contributed by atoms with E-state index in [1.165, 1.54) is 37.7 Å². The van der Waals surface area contributed by atoms with Gasteiger partial charge in [-0.3, -0.25) is 9.69 Å². The number of hydrogen-bond acceptors (Lipinski definition) is 6. The second kappa shape index (κ2) is 10.6. The van der Waals surface area contributed by atoms with Crippen LogP contribution in [0.2, 0.25) is 5.02 Å². The Kier molecular flexibility index (Phi) is 7.36. The predicted octanol–water partition coefficient (Wildman–Crippen LogP) is 5.19. The van der Waals surface area contributed by atoms with E-state index in [1.807, 2.05) is 18.2 Å². The minimum atomic E-state index is -0.494. The smallest absolute Gasteiger partial charge is 0.248 e. The fourth-order valence-electron chi connectivity index (χ4n) is 3.85. The topological polar surface area (TPSA) is 82.2 Å². The number of benzene rings is 2. The molecule has 0 saturated carbocycles. The zero-order chi connectivity index (χ0) is 23.2. The molecule has 1 aliphatic heterocycles. The highest BCUT2D eigenvalue weighted by Crippen LogP contribution is 2.32. The molecule has 0 unspecified atom stereocenters. The first kappa shape index (κ1) is 22.9. The van der Waals surface area contributed by atoms with Crippen molar-refractivity contribution in [1.29, 1.82) is 0 Å². The normalized spacial score (nSPS) is 14.5. The molecule has 7 nitrogen and oxygen atoms in total. The number of amides is 1. The van der Waals surface area contributed by atoms with Crippen LogP contribution in [0.4, 0.5) is 27.3 Å². The van der Waals surface area contributed by atoms with Crippen LogP contribution in [0.1, 0.15) is 19.3 Å². The highest BCUT2D eigenvalue weighted by atomic mass is 35.5. The van der Waals surface area contributed by atoms with E-state index in [0.29, 0.717) is 28.1 Å². The summed E-state index contributed by atoms with van der Waals surface area (Å²) in [5.74, 6) is -0.187. The van der Waals surface area contributed by atoms with Gasteiger partial charge in [0.1, 0.15) is 18.0 Å². The Balaban J connectivity index is 1.55. The lowest BCUT2D eigenvalue weighted by atomic mass is 10.1. The number of nitrogens with zero attached hydrogens (tertiary/aromatic N) is 3. The fraction of sp³-hybridized carbons (Fsp3) is 0.292. The highest BCUT2D eigenvalue weighted by molar-refractivity contribution is 6.31. The van der Waals surface area contributed by atoms with Crippen LogP contribution in [0, 0.1) is 5.82 Å². The highest BCUT2D eigenvalue weighted by Gasteiger charge is 2.12. The number of carbonyl (C=O) groups is 1. The summed E-state index contributed by atoms with van der Waals surface area (Å²) in [5.41, 5.74) is 2.61.